The van der Waals surface area contributed by atoms with Gasteiger partial charge in [0.2, 0.25) is 11.7 Å². The highest BCUT2D eigenvalue weighted by Gasteiger charge is 2.23. The molecule has 2 rings (SSSR count). The predicted molar refractivity (Wildman–Crippen MR) is 68.2 cm³/mol. The number of H-pyrrole nitrogens is 1. The zero-order chi connectivity index (χ0) is 14.9. The number of hydrogen-bond acceptors (Lipinski definition) is 8. The molecule has 0 spiro atoms. The number of nitrogens with one attached hydrogen (secondary N) is 2. The van der Waals surface area contributed by atoms with Crippen molar-refractivity contribution in [1.82, 2.24) is 25.3 Å². The lowest BCUT2D eigenvalue weighted by atomic mass is 10.2. The third-order valence-corrected chi connectivity index (χ3v) is 2.58. The van der Waals surface area contributed by atoms with Gasteiger partial charge in [-0.05, 0) is 6.92 Å². The number of aromatic nitrogens is 4. The predicted octanol–water partition coefficient (Wildman–Crippen LogP) is -2.10. The molecule has 106 valence electrons. The molecule has 0 saturated carbocycles. The number of carbonyl (C=O) groups is 2. The standard InChI is InChI=1S/C10H13N7O3/c1-3(18)4(11)9(19)17-10(20)8-15-6(12)5-7(16-8)14-2-13-5/h2-4,18H,11H2,1H3,(H,17,19,20)(H3,12,13,14,15,16)/t3-,4+/m1/s1. The van der Waals surface area contributed by atoms with Crippen LogP contribution < -0.4 is 16.8 Å². The number of hydrogen-bond donors (Lipinski definition) is 5. The molecule has 0 saturated heterocycles. The van der Waals surface area contributed by atoms with E-state index in [2.05, 4.69) is 19.9 Å². The van der Waals surface area contributed by atoms with E-state index in [1.807, 2.05) is 5.32 Å². The Balaban J connectivity index is 2.21. The monoisotopic (exact) mass is 279 g/mol. The van der Waals surface area contributed by atoms with Crippen molar-refractivity contribution in [3.05, 3.63) is 12.2 Å². The van der Waals surface area contributed by atoms with Gasteiger partial charge >= 0.3 is 0 Å². The van der Waals surface area contributed by atoms with E-state index in [-0.39, 0.29) is 17.3 Å². The summed E-state index contributed by atoms with van der Waals surface area (Å²) in [5.74, 6) is -1.99. The maximum Gasteiger partial charge on any atom is 0.295 e. The summed E-state index contributed by atoms with van der Waals surface area (Å²) in [6.07, 6.45) is 0.258. The molecule has 20 heavy (non-hydrogen) atoms. The smallest absolute Gasteiger partial charge is 0.295 e. The van der Waals surface area contributed by atoms with Crippen LogP contribution >= 0.6 is 0 Å². The quantitative estimate of drug-likeness (QED) is 0.424. The molecule has 2 aromatic rings. The average molecular weight is 279 g/mol. The average Bonchev–Trinajstić information content (AvgIpc) is 2.86. The first kappa shape index (κ1) is 13.8. The van der Waals surface area contributed by atoms with Crippen molar-refractivity contribution in [2.75, 3.05) is 5.73 Å². The summed E-state index contributed by atoms with van der Waals surface area (Å²) < 4.78 is 0. The highest BCUT2D eigenvalue weighted by atomic mass is 16.3. The normalized spacial score (nSPS) is 13.9. The fraction of sp³-hybridized carbons (Fsp3) is 0.300. The van der Waals surface area contributed by atoms with Crippen LogP contribution in [-0.2, 0) is 4.79 Å². The molecule has 0 aliphatic carbocycles. The lowest BCUT2D eigenvalue weighted by Crippen LogP contribution is -2.49. The van der Waals surface area contributed by atoms with E-state index in [0.717, 1.165) is 0 Å². The van der Waals surface area contributed by atoms with Crippen LogP contribution in [-0.4, -0.2) is 49.0 Å². The molecular weight excluding hydrogens is 266 g/mol. The number of aliphatic hydroxyl groups is 1. The minimum atomic E-state index is -1.23. The van der Waals surface area contributed by atoms with Gasteiger partial charge in [0.1, 0.15) is 11.6 Å². The van der Waals surface area contributed by atoms with Crippen molar-refractivity contribution in [2.45, 2.75) is 19.1 Å². The lowest BCUT2D eigenvalue weighted by Gasteiger charge is -2.13. The molecule has 10 heteroatoms. The molecule has 7 N–H and O–H groups in total. The Morgan fingerprint density at radius 1 is 1.45 bits per heavy atom. The van der Waals surface area contributed by atoms with E-state index in [4.69, 9.17) is 16.6 Å². The van der Waals surface area contributed by atoms with E-state index < -0.39 is 24.0 Å². The fourth-order valence-electron chi connectivity index (χ4n) is 1.43. The van der Waals surface area contributed by atoms with Crippen LogP contribution in [0.5, 0.6) is 0 Å². The molecule has 0 bridgehead atoms. The molecule has 0 aliphatic rings. The third-order valence-electron chi connectivity index (χ3n) is 2.58. The third kappa shape index (κ3) is 2.55. The van der Waals surface area contributed by atoms with Crippen LogP contribution in [0.4, 0.5) is 5.82 Å². The fourth-order valence-corrected chi connectivity index (χ4v) is 1.43. The van der Waals surface area contributed by atoms with E-state index in [1.165, 1.54) is 13.3 Å². The first-order valence-corrected chi connectivity index (χ1v) is 5.65. The molecule has 0 fully saturated rings. The molecule has 0 unspecified atom stereocenters. The number of imidazole rings is 1. The van der Waals surface area contributed by atoms with E-state index >= 15 is 0 Å². The molecule has 2 atom stereocenters. The summed E-state index contributed by atoms with van der Waals surface area (Å²) in [5, 5.41) is 11.1. The van der Waals surface area contributed by atoms with Gasteiger partial charge in [0, 0.05) is 0 Å². The van der Waals surface area contributed by atoms with E-state index in [0.29, 0.717) is 5.52 Å². The Hall–Kier alpha value is -2.59. The van der Waals surface area contributed by atoms with Crippen LogP contribution in [0.3, 0.4) is 0 Å². The van der Waals surface area contributed by atoms with Gasteiger partial charge in [0.25, 0.3) is 5.91 Å². The zero-order valence-corrected chi connectivity index (χ0v) is 10.5. The van der Waals surface area contributed by atoms with Crippen LogP contribution in [0.25, 0.3) is 11.2 Å². The first-order chi connectivity index (χ1) is 9.40. The van der Waals surface area contributed by atoms with Gasteiger partial charge in [0.05, 0.1) is 12.4 Å². The van der Waals surface area contributed by atoms with Crippen molar-refractivity contribution >= 4 is 28.8 Å². The minimum Gasteiger partial charge on any atom is -0.391 e. The number of fused-ring (bicyclic) bond motifs is 1. The van der Waals surface area contributed by atoms with Crippen molar-refractivity contribution in [2.24, 2.45) is 5.73 Å². The van der Waals surface area contributed by atoms with Crippen molar-refractivity contribution in [3.63, 3.8) is 0 Å². The number of anilines is 1. The van der Waals surface area contributed by atoms with Crippen LogP contribution in [0.15, 0.2) is 6.33 Å². The van der Waals surface area contributed by atoms with Crippen molar-refractivity contribution < 1.29 is 14.7 Å². The van der Waals surface area contributed by atoms with Crippen molar-refractivity contribution in [3.8, 4) is 0 Å². The SMILES string of the molecule is C[C@@H](O)[C@H](N)C(=O)NC(=O)c1nc(N)c2[nH]cnc2n1. The highest BCUT2D eigenvalue weighted by Crippen LogP contribution is 2.12. The number of nitrogen functional groups attached to an aromatic ring is 1. The Morgan fingerprint density at radius 2 is 2.15 bits per heavy atom. The zero-order valence-electron chi connectivity index (χ0n) is 10.5. The van der Waals surface area contributed by atoms with Gasteiger partial charge in [-0.15, -0.1) is 0 Å². The van der Waals surface area contributed by atoms with Crippen LogP contribution in [0, 0.1) is 0 Å². The van der Waals surface area contributed by atoms with Gasteiger partial charge in [0.15, 0.2) is 11.5 Å². The molecular formula is C10H13N7O3. The first-order valence-electron chi connectivity index (χ1n) is 5.65. The summed E-state index contributed by atoms with van der Waals surface area (Å²) in [4.78, 5) is 37.5. The molecule has 0 radical (unpaired) electrons. The van der Waals surface area contributed by atoms with Gasteiger partial charge in [-0.2, -0.15) is 0 Å². The van der Waals surface area contributed by atoms with Gasteiger partial charge in [-0.25, -0.2) is 15.0 Å². The summed E-state index contributed by atoms with van der Waals surface area (Å²) in [6.45, 7) is 1.33. The lowest BCUT2D eigenvalue weighted by molar-refractivity contribution is -0.123. The highest BCUT2D eigenvalue weighted by molar-refractivity contribution is 6.05. The number of imide groups is 1. The molecule has 2 amide bonds. The summed E-state index contributed by atoms with van der Waals surface area (Å²) in [6, 6.07) is -1.23. The molecule has 2 heterocycles. The van der Waals surface area contributed by atoms with Crippen LogP contribution in [0.2, 0.25) is 0 Å². The number of amides is 2. The van der Waals surface area contributed by atoms with Gasteiger partial charge < -0.3 is 21.6 Å². The van der Waals surface area contributed by atoms with E-state index in [9.17, 15) is 9.59 Å². The van der Waals surface area contributed by atoms with Gasteiger partial charge in [-0.1, -0.05) is 0 Å². The topological polar surface area (TPSA) is 173 Å². The molecule has 0 aromatic carbocycles. The number of nitrogens with two attached hydrogens (primary N) is 2. The molecule has 10 nitrogen and oxygen atoms in total. The maximum atomic E-state index is 11.8. The Morgan fingerprint density at radius 3 is 2.80 bits per heavy atom. The summed E-state index contributed by atoms with van der Waals surface area (Å²) >= 11 is 0. The number of nitrogens with zero attached hydrogens (tertiary/aromatic N) is 3. The minimum absolute atomic E-state index is 0.0323. The van der Waals surface area contributed by atoms with Crippen LogP contribution in [0.1, 0.15) is 17.5 Å². The largest absolute Gasteiger partial charge is 0.391 e. The molecule has 0 aliphatic heterocycles. The number of aromatic amines is 1. The summed E-state index contributed by atoms with van der Waals surface area (Å²) in [7, 11) is 0. The molecule has 2 aromatic heterocycles. The second-order valence-electron chi connectivity index (χ2n) is 4.12. The van der Waals surface area contributed by atoms with Gasteiger partial charge in [-0.3, -0.25) is 14.9 Å². The number of aliphatic hydroxyl groups excluding tert-OH is 1. The Labute approximate surface area is 112 Å². The Kier molecular flexibility index (Phi) is 3.59. The second-order valence-corrected chi connectivity index (χ2v) is 4.12. The Bertz CT molecular complexity index is 666. The van der Waals surface area contributed by atoms with Crippen molar-refractivity contribution in [1.29, 1.82) is 0 Å². The maximum absolute atomic E-state index is 11.8. The number of carbonyl (C=O) groups excluding carboxylic acids is 2. The van der Waals surface area contributed by atoms with E-state index in [1.54, 1.807) is 0 Å². The second kappa shape index (κ2) is 5.19. The summed E-state index contributed by atoms with van der Waals surface area (Å²) in [5.41, 5.74) is 11.6. The number of rotatable bonds is 3.